The van der Waals surface area contributed by atoms with Crippen molar-refractivity contribution >= 4 is 0 Å². The second kappa shape index (κ2) is 11.4. The zero-order chi connectivity index (χ0) is 7.15. The summed E-state index contributed by atoms with van der Waals surface area (Å²) < 4.78 is 0. The summed E-state index contributed by atoms with van der Waals surface area (Å²) in [7, 11) is 0. The third kappa shape index (κ3) is 1020. The van der Waals surface area contributed by atoms with Crippen molar-refractivity contribution in [2.24, 2.45) is 11.5 Å². The molecule has 0 bridgehead atoms. The minimum absolute atomic E-state index is 0. The molecule has 0 spiro atoms. The van der Waals surface area contributed by atoms with Crippen molar-refractivity contribution in [2.45, 2.75) is 25.9 Å². The summed E-state index contributed by atoms with van der Waals surface area (Å²) in [5.41, 5.74) is 10.0. The van der Waals surface area contributed by atoms with Gasteiger partial charge in [0.05, 0.1) is 0 Å². The molecule has 0 aromatic rings. The van der Waals surface area contributed by atoms with Crippen LogP contribution >= 0.6 is 0 Å². The van der Waals surface area contributed by atoms with Crippen LogP contribution in [0.1, 0.15) is 13.8 Å². The molecule has 9 heavy (non-hydrogen) atoms. The van der Waals surface area contributed by atoms with Crippen molar-refractivity contribution in [3.8, 4) is 0 Å². The van der Waals surface area contributed by atoms with Crippen molar-refractivity contribution in [3.05, 3.63) is 13.8 Å². The Bertz CT molecular complexity index is 26.5. The zero-order valence-electron chi connectivity index (χ0n) is 6.04. The van der Waals surface area contributed by atoms with Gasteiger partial charge in [0.25, 0.3) is 0 Å². The molecule has 0 heterocycles. The van der Waals surface area contributed by atoms with Crippen molar-refractivity contribution in [1.82, 2.24) is 0 Å². The van der Waals surface area contributed by atoms with Crippen LogP contribution in [0.4, 0.5) is 0 Å². The fourth-order valence-electron chi connectivity index (χ4n) is 0. The number of rotatable bonds is 0. The largest absolute Gasteiger partial charge is 2.00 e. The summed E-state index contributed by atoms with van der Waals surface area (Å²) in [5.74, 6) is 0. The van der Waals surface area contributed by atoms with Crippen molar-refractivity contribution in [3.63, 3.8) is 0 Å². The van der Waals surface area contributed by atoms with Crippen LogP contribution in [0.25, 0.3) is 0 Å². The van der Waals surface area contributed by atoms with Crippen molar-refractivity contribution in [2.75, 3.05) is 0 Å². The Hall–Kier alpha value is 0.608. The van der Waals surface area contributed by atoms with Gasteiger partial charge in [-0.25, -0.2) is 0 Å². The van der Waals surface area contributed by atoms with Crippen molar-refractivity contribution < 1.29 is 21.1 Å². The van der Waals surface area contributed by atoms with Crippen LogP contribution in [0.15, 0.2) is 0 Å². The molecular weight excluding hydrogens is 295 g/mol. The van der Waals surface area contributed by atoms with Gasteiger partial charge in [0.2, 0.25) is 0 Å². The van der Waals surface area contributed by atoms with E-state index in [9.17, 15) is 0 Å². The average Bonchev–Trinajstić information content (AvgIpc) is 1.25. The van der Waals surface area contributed by atoms with E-state index in [1.54, 1.807) is 0 Å². The van der Waals surface area contributed by atoms with E-state index in [1.165, 1.54) is 0 Å². The van der Waals surface area contributed by atoms with Gasteiger partial charge in [-0.2, -0.15) is 0 Å². The molecule has 3 heteroatoms. The summed E-state index contributed by atoms with van der Waals surface area (Å²) in [5, 5.41) is 0. The maximum absolute atomic E-state index is 5.00. The molecule has 0 rings (SSSR count). The Labute approximate surface area is 72.6 Å². The third-order valence-electron chi connectivity index (χ3n) is 0. The molecule has 0 aromatic heterocycles. The molecule has 2 atom stereocenters. The average molecular weight is 311 g/mol. The minimum atomic E-state index is 0. The standard InChI is InChI=1S/2C3H8N.Pt/c2*1-3(2)4;/h2*3H,1,4H2,2H3;/q2*-1;+2. The van der Waals surface area contributed by atoms with Gasteiger partial charge in [0, 0.05) is 0 Å². The SMILES string of the molecule is [CH2-]C(C)N.[CH2-]C(C)N.[Pt+2]. The maximum atomic E-state index is 5.00. The van der Waals surface area contributed by atoms with Crippen LogP contribution in [0.2, 0.25) is 0 Å². The summed E-state index contributed by atoms with van der Waals surface area (Å²) in [6.45, 7) is 10.5. The second-order valence-corrected chi connectivity index (χ2v) is 1.95. The fraction of sp³-hybridized carbons (Fsp3) is 0.667. The normalized spacial score (nSPS) is 14.0. The predicted octanol–water partition coefficient (Wildman–Crippen LogP) is 0.333. The molecule has 0 fully saturated rings. The first-order chi connectivity index (χ1) is 3.46. The van der Waals surface area contributed by atoms with Gasteiger partial charge in [0.15, 0.2) is 0 Å². The second-order valence-electron chi connectivity index (χ2n) is 1.95. The molecular formula is C6H16N2Pt. The quantitative estimate of drug-likeness (QED) is 0.634. The van der Waals surface area contributed by atoms with Gasteiger partial charge in [-0.15, -0.1) is 12.1 Å². The monoisotopic (exact) mass is 311 g/mol. The van der Waals surface area contributed by atoms with E-state index >= 15 is 0 Å². The summed E-state index contributed by atoms with van der Waals surface area (Å²) in [6.07, 6.45) is 0. The molecule has 0 aliphatic heterocycles. The van der Waals surface area contributed by atoms with Crippen LogP contribution in [0.5, 0.6) is 0 Å². The van der Waals surface area contributed by atoms with Crippen LogP contribution in [0, 0.1) is 13.8 Å². The van der Waals surface area contributed by atoms with E-state index in [2.05, 4.69) is 13.8 Å². The number of nitrogens with two attached hydrogens (primary N) is 2. The number of hydrogen-bond acceptors (Lipinski definition) is 2. The first-order valence-corrected chi connectivity index (χ1v) is 2.64. The molecule has 4 N–H and O–H groups in total. The van der Waals surface area contributed by atoms with Crippen LogP contribution in [-0.4, -0.2) is 12.1 Å². The maximum Gasteiger partial charge on any atom is 2.00 e. The molecule has 60 valence electrons. The van der Waals surface area contributed by atoms with E-state index in [4.69, 9.17) is 11.5 Å². The number of hydrogen-bond donors (Lipinski definition) is 2. The zero-order valence-corrected chi connectivity index (χ0v) is 8.31. The predicted molar refractivity (Wildman–Crippen MR) is 38.0 cm³/mol. The summed E-state index contributed by atoms with van der Waals surface area (Å²) in [4.78, 5) is 0. The molecule has 0 saturated carbocycles. The summed E-state index contributed by atoms with van der Waals surface area (Å²) >= 11 is 0. The van der Waals surface area contributed by atoms with Crippen molar-refractivity contribution in [1.29, 1.82) is 0 Å². The Morgan fingerprint density at radius 3 is 1.00 bits per heavy atom. The first kappa shape index (κ1) is 16.3. The Balaban J connectivity index is -0.0000000720. The first-order valence-electron chi connectivity index (χ1n) is 2.64. The molecule has 2 nitrogen and oxygen atoms in total. The molecule has 2 unspecified atom stereocenters. The van der Waals surface area contributed by atoms with E-state index in [1.807, 2.05) is 13.8 Å². The van der Waals surface area contributed by atoms with Gasteiger partial charge in [-0.1, -0.05) is 13.8 Å². The van der Waals surface area contributed by atoms with E-state index in [0.29, 0.717) is 0 Å². The third-order valence-corrected chi connectivity index (χ3v) is 0. The van der Waals surface area contributed by atoms with Crippen LogP contribution < -0.4 is 11.5 Å². The van der Waals surface area contributed by atoms with Crippen LogP contribution in [0.3, 0.4) is 0 Å². The van der Waals surface area contributed by atoms with E-state index in [-0.39, 0.29) is 33.1 Å². The Morgan fingerprint density at radius 1 is 1.00 bits per heavy atom. The molecule has 0 amide bonds. The van der Waals surface area contributed by atoms with Gasteiger partial charge >= 0.3 is 21.1 Å². The molecule has 0 aliphatic rings. The summed E-state index contributed by atoms with van der Waals surface area (Å²) in [6, 6.07) is 0.167. The Morgan fingerprint density at radius 2 is 1.00 bits per heavy atom. The minimum Gasteiger partial charge on any atom is -0.357 e. The molecule has 0 radical (unpaired) electrons. The topological polar surface area (TPSA) is 52.0 Å². The van der Waals surface area contributed by atoms with Crippen LogP contribution in [-0.2, 0) is 21.1 Å². The van der Waals surface area contributed by atoms with Gasteiger partial charge in [0.1, 0.15) is 0 Å². The fourth-order valence-corrected chi connectivity index (χ4v) is 0. The molecule has 0 aliphatic carbocycles. The Kier molecular flexibility index (Phi) is 20.7. The van der Waals surface area contributed by atoms with Gasteiger partial charge in [-0.3, -0.25) is 0 Å². The molecule has 0 aromatic carbocycles. The molecule has 0 saturated heterocycles. The van der Waals surface area contributed by atoms with E-state index in [0.717, 1.165) is 0 Å². The van der Waals surface area contributed by atoms with Gasteiger partial charge in [-0.05, 0) is 0 Å². The smallest absolute Gasteiger partial charge is 0.357 e. The van der Waals surface area contributed by atoms with E-state index < -0.39 is 0 Å². The van der Waals surface area contributed by atoms with Gasteiger partial charge < -0.3 is 25.3 Å².